The summed E-state index contributed by atoms with van der Waals surface area (Å²) in [5.41, 5.74) is 1.42. The lowest BCUT2D eigenvalue weighted by Crippen LogP contribution is -2.37. The van der Waals surface area contributed by atoms with Gasteiger partial charge in [-0.25, -0.2) is 0 Å². The number of nitrogens with one attached hydrogen (secondary N) is 1. The fourth-order valence-corrected chi connectivity index (χ4v) is 3.28. The van der Waals surface area contributed by atoms with E-state index in [1.165, 1.54) is 23.0 Å². The molecule has 2 unspecified atom stereocenters. The van der Waals surface area contributed by atoms with Crippen molar-refractivity contribution in [3.05, 3.63) is 16.4 Å². The molecule has 18 heavy (non-hydrogen) atoms. The van der Waals surface area contributed by atoms with E-state index in [0.717, 1.165) is 25.4 Å². The summed E-state index contributed by atoms with van der Waals surface area (Å²) in [6.45, 7) is 8.79. The van der Waals surface area contributed by atoms with Gasteiger partial charge in [0.25, 0.3) is 0 Å². The summed E-state index contributed by atoms with van der Waals surface area (Å²) in [6.07, 6.45) is 5.74. The number of aromatic nitrogens is 2. The molecule has 0 amide bonds. The first-order chi connectivity index (χ1) is 8.63. The van der Waals surface area contributed by atoms with Crippen LogP contribution in [0.5, 0.6) is 0 Å². The number of rotatable bonds is 6. The third-order valence-corrected chi connectivity index (χ3v) is 4.44. The minimum atomic E-state index is 0.579. The minimum absolute atomic E-state index is 0.579. The molecule has 1 aliphatic carbocycles. The molecule has 1 aliphatic rings. The molecule has 3 nitrogen and oxygen atoms in total. The first-order valence-corrected chi connectivity index (χ1v) is 7.87. The van der Waals surface area contributed by atoms with Gasteiger partial charge in [-0.05, 0) is 47.7 Å². The average molecular weight is 314 g/mol. The standard InChI is InChI=1S/C14H24BrN3/c1-4-7-18-14(13(15)9-17-18)12-6-5-11(12)8-16-10(2)3/h9-12,16H,4-8H2,1-3H3. The van der Waals surface area contributed by atoms with Crippen LogP contribution in [0.4, 0.5) is 0 Å². The number of hydrogen-bond acceptors (Lipinski definition) is 2. The summed E-state index contributed by atoms with van der Waals surface area (Å²) >= 11 is 3.67. The number of halogens is 1. The second-order valence-electron chi connectivity index (χ2n) is 5.61. The van der Waals surface area contributed by atoms with Gasteiger partial charge in [0.2, 0.25) is 0 Å². The van der Waals surface area contributed by atoms with Crippen molar-refractivity contribution in [3.63, 3.8) is 0 Å². The number of hydrogen-bond donors (Lipinski definition) is 1. The van der Waals surface area contributed by atoms with Gasteiger partial charge >= 0.3 is 0 Å². The predicted molar refractivity (Wildman–Crippen MR) is 78.8 cm³/mol. The molecule has 1 fully saturated rings. The molecule has 0 aromatic carbocycles. The molecule has 1 saturated carbocycles. The second kappa shape index (κ2) is 6.20. The zero-order chi connectivity index (χ0) is 13.1. The zero-order valence-electron chi connectivity index (χ0n) is 11.6. The molecule has 2 atom stereocenters. The maximum atomic E-state index is 4.49. The van der Waals surface area contributed by atoms with Crippen molar-refractivity contribution in [3.8, 4) is 0 Å². The Morgan fingerprint density at radius 3 is 2.83 bits per heavy atom. The van der Waals surface area contributed by atoms with Crippen LogP contribution in [0, 0.1) is 5.92 Å². The van der Waals surface area contributed by atoms with Crippen molar-refractivity contribution in [2.45, 2.75) is 58.5 Å². The van der Waals surface area contributed by atoms with Crippen LogP contribution in [0.3, 0.4) is 0 Å². The topological polar surface area (TPSA) is 29.9 Å². The summed E-state index contributed by atoms with van der Waals surface area (Å²) in [4.78, 5) is 0. The second-order valence-corrected chi connectivity index (χ2v) is 6.46. The van der Waals surface area contributed by atoms with Crippen molar-refractivity contribution in [1.82, 2.24) is 15.1 Å². The Morgan fingerprint density at radius 1 is 1.50 bits per heavy atom. The average Bonchev–Trinajstić information content (AvgIpc) is 2.61. The molecule has 0 radical (unpaired) electrons. The summed E-state index contributed by atoms with van der Waals surface area (Å²) in [6, 6.07) is 0.579. The summed E-state index contributed by atoms with van der Waals surface area (Å²) in [7, 11) is 0. The molecule has 1 aromatic rings. The Kier molecular flexibility index (Phi) is 4.84. The molecule has 2 rings (SSSR count). The third-order valence-electron chi connectivity index (χ3n) is 3.83. The Hall–Kier alpha value is -0.350. The first-order valence-electron chi connectivity index (χ1n) is 7.08. The lowest BCUT2D eigenvalue weighted by molar-refractivity contribution is 0.228. The molecule has 1 heterocycles. The van der Waals surface area contributed by atoms with Gasteiger partial charge < -0.3 is 5.32 Å². The van der Waals surface area contributed by atoms with E-state index in [0.29, 0.717) is 12.0 Å². The highest BCUT2D eigenvalue weighted by atomic mass is 79.9. The largest absolute Gasteiger partial charge is 0.314 e. The van der Waals surface area contributed by atoms with E-state index in [-0.39, 0.29) is 0 Å². The molecule has 0 aliphatic heterocycles. The Labute approximate surface area is 118 Å². The molecule has 1 N–H and O–H groups in total. The van der Waals surface area contributed by atoms with Gasteiger partial charge in [0.05, 0.1) is 16.4 Å². The van der Waals surface area contributed by atoms with Crippen LogP contribution in [0.1, 0.15) is 51.6 Å². The maximum Gasteiger partial charge on any atom is 0.0635 e. The van der Waals surface area contributed by atoms with Crippen LogP contribution in [-0.2, 0) is 6.54 Å². The van der Waals surface area contributed by atoms with Gasteiger partial charge in [0.1, 0.15) is 0 Å². The summed E-state index contributed by atoms with van der Waals surface area (Å²) < 4.78 is 3.38. The monoisotopic (exact) mass is 313 g/mol. The lowest BCUT2D eigenvalue weighted by atomic mass is 9.71. The molecular formula is C14H24BrN3. The summed E-state index contributed by atoms with van der Waals surface area (Å²) in [5, 5.41) is 8.05. The van der Waals surface area contributed by atoms with E-state index < -0.39 is 0 Å². The molecule has 0 bridgehead atoms. The highest BCUT2D eigenvalue weighted by Crippen LogP contribution is 2.44. The Balaban J connectivity index is 2.04. The maximum absolute atomic E-state index is 4.49. The van der Waals surface area contributed by atoms with Gasteiger partial charge in [-0.2, -0.15) is 5.10 Å². The summed E-state index contributed by atoms with van der Waals surface area (Å²) in [5.74, 6) is 1.45. The van der Waals surface area contributed by atoms with Crippen LogP contribution < -0.4 is 5.32 Å². The van der Waals surface area contributed by atoms with Crippen molar-refractivity contribution in [2.75, 3.05) is 6.54 Å². The van der Waals surface area contributed by atoms with E-state index in [9.17, 15) is 0 Å². The third kappa shape index (κ3) is 2.97. The zero-order valence-corrected chi connectivity index (χ0v) is 13.2. The first kappa shape index (κ1) is 14.1. The molecule has 1 aromatic heterocycles. The molecule has 4 heteroatoms. The normalized spacial score (nSPS) is 23.4. The van der Waals surface area contributed by atoms with Gasteiger partial charge in [-0.3, -0.25) is 4.68 Å². The van der Waals surface area contributed by atoms with Crippen LogP contribution in [-0.4, -0.2) is 22.4 Å². The molecule has 0 spiro atoms. The van der Waals surface area contributed by atoms with E-state index in [4.69, 9.17) is 0 Å². The van der Waals surface area contributed by atoms with E-state index in [2.05, 4.69) is 51.8 Å². The van der Waals surface area contributed by atoms with E-state index in [1.807, 2.05) is 6.20 Å². The quantitative estimate of drug-likeness (QED) is 0.870. The number of nitrogens with zero attached hydrogens (tertiary/aromatic N) is 2. The van der Waals surface area contributed by atoms with E-state index >= 15 is 0 Å². The highest BCUT2D eigenvalue weighted by Gasteiger charge is 2.35. The van der Waals surface area contributed by atoms with Crippen LogP contribution >= 0.6 is 15.9 Å². The van der Waals surface area contributed by atoms with Gasteiger partial charge in [-0.15, -0.1) is 0 Å². The van der Waals surface area contributed by atoms with E-state index in [1.54, 1.807) is 0 Å². The van der Waals surface area contributed by atoms with Gasteiger partial charge in [0.15, 0.2) is 0 Å². The van der Waals surface area contributed by atoms with Crippen LogP contribution in [0.15, 0.2) is 10.7 Å². The SMILES string of the molecule is CCCn1ncc(Br)c1C1CCC1CNC(C)C. The van der Waals surface area contributed by atoms with Gasteiger partial charge in [0, 0.05) is 18.5 Å². The molecular weight excluding hydrogens is 290 g/mol. The fraction of sp³-hybridized carbons (Fsp3) is 0.786. The Bertz CT molecular complexity index is 386. The number of aryl methyl sites for hydroxylation is 1. The fourth-order valence-electron chi connectivity index (χ4n) is 2.69. The van der Waals surface area contributed by atoms with Crippen molar-refractivity contribution >= 4 is 15.9 Å². The lowest BCUT2D eigenvalue weighted by Gasteiger charge is -2.38. The Morgan fingerprint density at radius 2 is 2.28 bits per heavy atom. The van der Waals surface area contributed by atoms with Crippen molar-refractivity contribution < 1.29 is 0 Å². The minimum Gasteiger partial charge on any atom is -0.314 e. The smallest absolute Gasteiger partial charge is 0.0635 e. The van der Waals surface area contributed by atoms with Crippen molar-refractivity contribution in [1.29, 1.82) is 0 Å². The van der Waals surface area contributed by atoms with Gasteiger partial charge in [-0.1, -0.05) is 20.8 Å². The highest BCUT2D eigenvalue weighted by molar-refractivity contribution is 9.10. The molecule has 0 saturated heterocycles. The van der Waals surface area contributed by atoms with Crippen LogP contribution in [0.2, 0.25) is 0 Å². The molecule has 102 valence electrons. The predicted octanol–water partition coefficient (Wildman–Crippen LogP) is 3.55. The van der Waals surface area contributed by atoms with Crippen LogP contribution in [0.25, 0.3) is 0 Å². The van der Waals surface area contributed by atoms with Crippen molar-refractivity contribution in [2.24, 2.45) is 5.92 Å².